The smallest absolute Gasteiger partial charge is 0.0575 e. The van der Waals surface area contributed by atoms with Gasteiger partial charge in [0.2, 0.25) is 0 Å². The molecule has 0 saturated carbocycles. The second-order valence-corrected chi connectivity index (χ2v) is 2.08. The molecule has 0 unspecified atom stereocenters. The molecule has 1 rings (SSSR count). The highest BCUT2D eigenvalue weighted by atomic mass is 16.5. The minimum atomic E-state index is 0.694. The fourth-order valence-electron chi connectivity index (χ4n) is 0.887. The largest absolute Gasteiger partial charge is 0.309 e. The molecule has 0 aromatic heterocycles. The third kappa shape index (κ3) is 1.43. The summed E-state index contributed by atoms with van der Waals surface area (Å²) < 4.78 is 0. The molecule has 9 heavy (non-hydrogen) atoms. The van der Waals surface area contributed by atoms with Crippen LogP contribution in [0, 0.1) is 0 Å². The summed E-state index contributed by atoms with van der Waals surface area (Å²) in [7, 11) is 0. The number of hydroxylamine groups is 2. The lowest BCUT2D eigenvalue weighted by molar-refractivity contribution is -0.0643. The van der Waals surface area contributed by atoms with Gasteiger partial charge in [0.25, 0.3) is 0 Å². The van der Waals surface area contributed by atoms with Gasteiger partial charge in [0.05, 0.1) is 12.2 Å². The molecule has 1 saturated heterocycles. The summed E-state index contributed by atoms with van der Waals surface area (Å²) in [6, 6.07) is 0. The highest BCUT2D eigenvalue weighted by Crippen LogP contribution is 2.01. The van der Waals surface area contributed by atoms with Gasteiger partial charge in [0, 0.05) is 13.1 Å². The average Bonchev–Trinajstić information content (AvgIpc) is 1.89. The quantitative estimate of drug-likeness (QED) is 0.488. The van der Waals surface area contributed by atoms with E-state index < -0.39 is 0 Å². The Morgan fingerprint density at radius 2 is 2.56 bits per heavy atom. The maximum Gasteiger partial charge on any atom is 0.0575 e. The van der Waals surface area contributed by atoms with Crippen molar-refractivity contribution in [3.05, 3.63) is 11.8 Å². The zero-order chi connectivity index (χ0) is 6.69. The number of hydrogen-bond acceptors (Lipinski definition) is 3. The second-order valence-electron chi connectivity index (χ2n) is 2.08. The van der Waals surface area contributed by atoms with E-state index in [1.165, 1.54) is 5.06 Å². The molecule has 1 aliphatic rings. The molecule has 0 atom stereocenters. The van der Waals surface area contributed by atoms with Crippen molar-refractivity contribution in [1.29, 1.82) is 0 Å². The van der Waals surface area contributed by atoms with Gasteiger partial charge in [-0.15, -0.1) is 0 Å². The molecule has 1 fully saturated rings. The highest BCUT2D eigenvalue weighted by molar-refractivity contribution is 5.01. The highest BCUT2D eigenvalue weighted by Gasteiger charge is 2.09. The number of piperazine rings is 1. The number of allylic oxidation sites excluding steroid dienone is 1. The van der Waals surface area contributed by atoms with E-state index in [0.717, 1.165) is 18.8 Å². The molecular formula is C6H12N2O. The van der Waals surface area contributed by atoms with Gasteiger partial charge in [-0.25, -0.2) is 0 Å². The first-order valence-electron chi connectivity index (χ1n) is 3.17. The van der Waals surface area contributed by atoms with Crippen LogP contribution in [-0.4, -0.2) is 29.9 Å². The first-order valence-corrected chi connectivity index (χ1v) is 3.17. The van der Waals surface area contributed by atoms with E-state index in [-0.39, 0.29) is 0 Å². The van der Waals surface area contributed by atoms with Gasteiger partial charge in [-0.1, -0.05) is 6.08 Å². The van der Waals surface area contributed by atoms with Crippen molar-refractivity contribution >= 4 is 0 Å². The van der Waals surface area contributed by atoms with Gasteiger partial charge in [0.1, 0.15) is 0 Å². The Morgan fingerprint density at radius 3 is 3.00 bits per heavy atom. The number of nitrogens with zero attached hydrogens (tertiary/aromatic N) is 1. The maximum atomic E-state index is 9.09. The first kappa shape index (κ1) is 6.58. The van der Waals surface area contributed by atoms with Crippen molar-refractivity contribution in [2.75, 3.05) is 19.6 Å². The molecule has 1 aliphatic heterocycles. The number of rotatable bonds is 0. The van der Waals surface area contributed by atoms with E-state index in [4.69, 9.17) is 5.21 Å². The Morgan fingerprint density at radius 1 is 1.78 bits per heavy atom. The third-order valence-electron chi connectivity index (χ3n) is 1.47. The molecule has 2 N–H and O–H groups in total. The van der Waals surface area contributed by atoms with Gasteiger partial charge in [0.15, 0.2) is 0 Å². The van der Waals surface area contributed by atoms with Crippen LogP contribution in [0.2, 0.25) is 0 Å². The summed E-state index contributed by atoms with van der Waals surface area (Å²) in [5.74, 6) is 0. The summed E-state index contributed by atoms with van der Waals surface area (Å²) in [4.78, 5) is 0. The van der Waals surface area contributed by atoms with Crippen molar-refractivity contribution in [1.82, 2.24) is 10.4 Å². The van der Waals surface area contributed by atoms with Crippen LogP contribution in [0.1, 0.15) is 6.92 Å². The summed E-state index contributed by atoms with van der Waals surface area (Å²) in [6.45, 7) is 4.27. The predicted molar refractivity (Wildman–Crippen MR) is 35.1 cm³/mol. The number of nitrogens with one attached hydrogen (secondary N) is 1. The predicted octanol–water partition coefficient (Wildman–Crippen LogP) is 0.185. The van der Waals surface area contributed by atoms with Crippen LogP contribution in [0.25, 0.3) is 0 Å². The van der Waals surface area contributed by atoms with Gasteiger partial charge in [-0.2, -0.15) is 0 Å². The van der Waals surface area contributed by atoms with Gasteiger partial charge < -0.3 is 5.32 Å². The lowest BCUT2D eigenvalue weighted by atomic mass is 10.3. The lowest BCUT2D eigenvalue weighted by Crippen LogP contribution is -2.39. The molecule has 3 nitrogen and oxygen atoms in total. The van der Waals surface area contributed by atoms with Crippen molar-refractivity contribution in [3.63, 3.8) is 0 Å². The van der Waals surface area contributed by atoms with Crippen molar-refractivity contribution in [3.8, 4) is 0 Å². The van der Waals surface area contributed by atoms with Gasteiger partial charge in [-0.3, -0.25) is 10.3 Å². The maximum absolute atomic E-state index is 9.09. The normalized spacial score (nSPS) is 25.1. The Labute approximate surface area is 54.9 Å². The van der Waals surface area contributed by atoms with Crippen LogP contribution in [0.15, 0.2) is 11.8 Å². The van der Waals surface area contributed by atoms with E-state index in [2.05, 4.69) is 5.32 Å². The third-order valence-corrected chi connectivity index (χ3v) is 1.47. The zero-order valence-electron chi connectivity index (χ0n) is 5.59. The topological polar surface area (TPSA) is 35.5 Å². The lowest BCUT2D eigenvalue weighted by Gasteiger charge is -2.25. The summed E-state index contributed by atoms with van der Waals surface area (Å²) in [5, 5.41) is 13.5. The van der Waals surface area contributed by atoms with Crippen LogP contribution in [0.4, 0.5) is 0 Å². The Bertz CT molecular complexity index is 122. The molecule has 0 aliphatic carbocycles. The SMILES string of the molecule is CC=C1CNCCN1O. The molecule has 0 amide bonds. The van der Waals surface area contributed by atoms with Crippen LogP contribution in [0.5, 0.6) is 0 Å². The molecule has 52 valence electrons. The molecular weight excluding hydrogens is 116 g/mol. The Hall–Kier alpha value is -0.540. The van der Waals surface area contributed by atoms with E-state index in [1.54, 1.807) is 0 Å². The summed E-state index contributed by atoms with van der Waals surface area (Å²) >= 11 is 0. The first-order chi connectivity index (χ1) is 4.34. The van der Waals surface area contributed by atoms with Crippen molar-refractivity contribution in [2.45, 2.75) is 6.92 Å². The second kappa shape index (κ2) is 2.85. The molecule has 0 radical (unpaired) electrons. The molecule has 1 heterocycles. The van der Waals surface area contributed by atoms with E-state index >= 15 is 0 Å². The van der Waals surface area contributed by atoms with Crippen molar-refractivity contribution < 1.29 is 5.21 Å². The number of hydrogen-bond donors (Lipinski definition) is 2. The molecule has 0 spiro atoms. The standard InChI is InChI=1S/C6H12N2O/c1-2-6-5-7-3-4-8(6)9/h2,7,9H,3-5H2,1H3. The molecule has 0 aromatic carbocycles. The fraction of sp³-hybridized carbons (Fsp3) is 0.667. The van der Waals surface area contributed by atoms with Gasteiger partial charge >= 0.3 is 0 Å². The van der Waals surface area contributed by atoms with Crippen LogP contribution in [0.3, 0.4) is 0 Å². The van der Waals surface area contributed by atoms with E-state index in [1.807, 2.05) is 13.0 Å². The minimum absolute atomic E-state index is 0.694. The Kier molecular flexibility index (Phi) is 2.08. The van der Waals surface area contributed by atoms with Crippen molar-refractivity contribution in [2.24, 2.45) is 0 Å². The molecule has 3 heteroatoms. The van der Waals surface area contributed by atoms with E-state index in [0.29, 0.717) is 6.54 Å². The molecule has 0 aromatic rings. The Balaban J connectivity index is 2.49. The monoisotopic (exact) mass is 128 g/mol. The minimum Gasteiger partial charge on any atom is -0.309 e. The fourth-order valence-corrected chi connectivity index (χ4v) is 0.887. The summed E-state index contributed by atoms with van der Waals surface area (Å²) in [5.41, 5.74) is 0.959. The van der Waals surface area contributed by atoms with Gasteiger partial charge in [-0.05, 0) is 6.92 Å². The van der Waals surface area contributed by atoms with Crippen LogP contribution < -0.4 is 5.32 Å². The van der Waals surface area contributed by atoms with E-state index in [9.17, 15) is 0 Å². The molecule has 0 bridgehead atoms. The summed E-state index contributed by atoms with van der Waals surface area (Å²) in [6.07, 6.45) is 1.91. The van der Waals surface area contributed by atoms with Crippen LogP contribution in [-0.2, 0) is 0 Å². The van der Waals surface area contributed by atoms with Crippen LogP contribution >= 0.6 is 0 Å². The average molecular weight is 128 g/mol. The zero-order valence-corrected chi connectivity index (χ0v) is 5.59.